The SMILES string of the molecule is CCC(Nc1ccc2scnc2c1[N+](=O)[O-])c1ncc[nH]1. The predicted molar refractivity (Wildman–Crippen MR) is 81.5 cm³/mol. The Morgan fingerprint density at radius 3 is 3.00 bits per heavy atom. The first kappa shape index (κ1) is 13.5. The molecule has 2 heterocycles. The number of anilines is 1. The third-order valence-electron chi connectivity index (χ3n) is 3.25. The van der Waals surface area contributed by atoms with E-state index in [1.165, 1.54) is 11.3 Å². The molecule has 108 valence electrons. The Morgan fingerprint density at radius 2 is 2.33 bits per heavy atom. The van der Waals surface area contributed by atoms with Crippen LogP contribution in [-0.4, -0.2) is 19.9 Å². The van der Waals surface area contributed by atoms with Gasteiger partial charge in [-0.1, -0.05) is 6.92 Å². The van der Waals surface area contributed by atoms with Crippen molar-refractivity contribution in [2.24, 2.45) is 0 Å². The number of nitro groups is 1. The summed E-state index contributed by atoms with van der Waals surface area (Å²) in [5.41, 5.74) is 2.51. The Bertz CT molecular complexity index is 768. The van der Waals surface area contributed by atoms with E-state index < -0.39 is 0 Å². The average molecular weight is 303 g/mol. The maximum absolute atomic E-state index is 11.4. The lowest BCUT2D eigenvalue weighted by Crippen LogP contribution is -2.12. The largest absolute Gasteiger partial charge is 0.370 e. The van der Waals surface area contributed by atoms with Gasteiger partial charge < -0.3 is 10.3 Å². The van der Waals surface area contributed by atoms with Crippen LogP contribution in [0.15, 0.2) is 30.0 Å². The molecule has 0 aliphatic rings. The number of imidazole rings is 1. The molecule has 0 bridgehead atoms. The molecule has 1 atom stereocenters. The summed E-state index contributed by atoms with van der Waals surface area (Å²) in [5, 5.41) is 14.6. The van der Waals surface area contributed by atoms with Crippen LogP contribution in [0.5, 0.6) is 0 Å². The molecule has 1 aromatic carbocycles. The van der Waals surface area contributed by atoms with Gasteiger partial charge in [0, 0.05) is 12.4 Å². The normalized spacial score (nSPS) is 12.4. The minimum atomic E-state index is -0.390. The molecule has 3 aromatic rings. The molecule has 2 N–H and O–H groups in total. The second kappa shape index (κ2) is 5.49. The van der Waals surface area contributed by atoms with Gasteiger partial charge in [-0.15, -0.1) is 11.3 Å². The van der Waals surface area contributed by atoms with E-state index in [1.807, 2.05) is 13.0 Å². The van der Waals surface area contributed by atoms with Crippen LogP contribution >= 0.6 is 11.3 Å². The number of benzene rings is 1. The van der Waals surface area contributed by atoms with Gasteiger partial charge in [-0.3, -0.25) is 10.1 Å². The van der Waals surface area contributed by atoms with Gasteiger partial charge in [-0.25, -0.2) is 9.97 Å². The number of aromatic amines is 1. The summed E-state index contributed by atoms with van der Waals surface area (Å²) < 4.78 is 0.804. The minimum absolute atomic E-state index is 0.0127. The van der Waals surface area contributed by atoms with Crippen LogP contribution < -0.4 is 5.32 Å². The first-order valence-corrected chi connectivity index (χ1v) is 7.35. The van der Waals surface area contributed by atoms with Crippen LogP contribution in [0.2, 0.25) is 0 Å². The Kier molecular flexibility index (Phi) is 3.53. The van der Waals surface area contributed by atoms with Crippen LogP contribution in [0.4, 0.5) is 11.4 Å². The van der Waals surface area contributed by atoms with E-state index in [9.17, 15) is 10.1 Å². The van der Waals surface area contributed by atoms with Crippen LogP contribution in [0.1, 0.15) is 25.2 Å². The van der Waals surface area contributed by atoms with E-state index in [4.69, 9.17) is 0 Å². The number of nitrogens with zero attached hydrogens (tertiary/aromatic N) is 3. The molecule has 0 amide bonds. The highest BCUT2D eigenvalue weighted by Crippen LogP contribution is 2.36. The van der Waals surface area contributed by atoms with Gasteiger partial charge >= 0.3 is 5.69 Å². The summed E-state index contributed by atoms with van der Waals surface area (Å²) in [5.74, 6) is 0.755. The lowest BCUT2D eigenvalue weighted by atomic mass is 10.1. The monoisotopic (exact) mass is 303 g/mol. The van der Waals surface area contributed by atoms with Crippen molar-refractivity contribution in [3.8, 4) is 0 Å². The van der Waals surface area contributed by atoms with Gasteiger partial charge in [-0.2, -0.15) is 0 Å². The number of hydrogen-bond acceptors (Lipinski definition) is 6. The number of H-pyrrole nitrogens is 1. The summed E-state index contributed by atoms with van der Waals surface area (Å²) in [6.45, 7) is 1.99. The summed E-state index contributed by atoms with van der Waals surface area (Å²) in [4.78, 5) is 22.4. The molecule has 21 heavy (non-hydrogen) atoms. The molecule has 2 aromatic heterocycles. The van der Waals surface area contributed by atoms with Crippen molar-refractivity contribution in [3.63, 3.8) is 0 Å². The number of fused-ring (bicyclic) bond motifs is 1. The zero-order valence-corrected chi connectivity index (χ0v) is 12.1. The Hall–Kier alpha value is -2.48. The standard InChI is InChI=1S/C13H13N5O2S/c1-2-8(13-14-5-6-15-13)17-9-3-4-10-11(16-7-21-10)12(9)18(19)20/h3-8,17H,2H2,1H3,(H,14,15). The molecular formula is C13H13N5O2S. The van der Waals surface area contributed by atoms with E-state index in [-0.39, 0.29) is 16.7 Å². The van der Waals surface area contributed by atoms with Gasteiger partial charge in [0.1, 0.15) is 11.5 Å². The van der Waals surface area contributed by atoms with E-state index in [0.29, 0.717) is 11.2 Å². The molecule has 0 spiro atoms. The number of rotatable bonds is 5. The summed E-state index contributed by atoms with van der Waals surface area (Å²) >= 11 is 1.39. The first-order valence-electron chi connectivity index (χ1n) is 6.47. The predicted octanol–water partition coefficient (Wildman–Crippen LogP) is 3.49. The van der Waals surface area contributed by atoms with Gasteiger partial charge in [0.2, 0.25) is 0 Å². The van der Waals surface area contributed by atoms with Crippen molar-refractivity contribution in [2.75, 3.05) is 5.32 Å². The molecule has 0 fully saturated rings. The number of nitrogens with one attached hydrogen (secondary N) is 2. The highest BCUT2D eigenvalue weighted by molar-refractivity contribution is 7.16. The molecule has 0 radical (unpaired) electrons. The Morgan fingerprint density at radius 1 is 1.48 bits per heavy atom. The number of aromatic nitrogens is 3. The molecular weight excluding hydrogens is 290 g/mol. The van der Waals surface area contributed by atoms with Crippen LogP contribution in [0.3, 0.4) is 0 Å². The lowest BCUT2D eigenvalue weighted by molar-refractivity contribution is -0.382. The lowest BCUT2D eigenvalue weighted by Gasteiger charge is -2.16. The first-order chi connectivity index (χ1) is 10.2. The summed E-state index contributed by atoms with van der Waals surface area (Å²) in [6, 6.07) is 3.45. The second-order valence-corrected chi connectivity index (χ2v) is 5.38. The number of nitro benzene ring substituents is 1. The summed E-state index contributed by atoms with van der Waals surface area (Å²) in [6.07, 6.45) is 4.15. The zero-order chi connectivity index (χ0) is 14.8. The van der Waals surface area contributed by atoms with E-state index in [1.54, 1.807) is 24.0 Å². The smallest absolute Gasteiger partial charge is 0.319 e. The highest BCUT2D eigenvalue weighted by atomic mass is 32.1. The zero-order valence-electron chi connectivity index (χ0n) is 11.2. The molecule has 1 unspecified atom stereocenters. The van der Waals surface area contributed by atoms with E-state index in [2.05, 4.69) is 20.3 Å². The molecule has 7 nitrogen and oxygen atoms in total. The molecule has 8 heteroatoms. The molecule has 0 aliphatic carbocycles. The summed E-state index contributed by atoms with van der Waals surface area (Å²) in [7, 11) is 0. The second-order valence-electron chi connectivity index (χ2n) is 4.50. The van der Waals surface area contributed by atoms with Crippen molar-refractivity contribution in [2.45, 2.75) is 19.4 Å². The van der Waals surface area contributed by atoms with Gasteiger partial charge in [-0.05, 0) is 18.6 Å². The van der Waals surface area contributed by atoms with Gasteiger partial charge in [0.05, 0.1) is 21.2 Å². The highest BCUT2D eigenvalue weighted by Gasteiger charge is 2.23. The van der Waals surface area contributed by atoms with Crippen molar-refractivity contribution >= 4 is 32.9 Å². The van der Waals surface area contributed by atoms with Crippen LogP contribution in [-0.2, 0) is 0 Å². The fourth-order valence-electron chi connectivity index (χ4n) is 2.24. The van der Waals surface area contributed by atoms with Crippen LogP contribution in [0, 0.1) is 10.1 Å². The Balaban J connectivity index is 2.03. The van der Waals surface area contributed by atoms with Crippen molar-refractivity contribution in [3.05, 3.63) is 46.0 Å². The van der Waals surface area contributed by atoms with Crippen molar-refractivity contribution in [1.29, 1.82) is 0 Å². The maximum atomic E-state index is 11.4. The van der Waals surface area contributed by atoms with Gasteiger partial charge in [0.25, 0.3) is 0 Å². The van der Waals surface area contributed by atoms with Gasteiger partial charge in [0.15, 0.2) is 5.52 Å². The number of thiazole rings is 1. The van der Waals surface area contributed by atoms with Crippen LogP contribution in [0.25, 0.3) is 10.2 Å². The fraction of sp³-hybridized carbons (Fsp3) is 0.231. The third-order valence-corrected chi connectivity index (χ3v) is 4.04. The van der Waals surface area contributed by atoms with E-state index in [0.717, 1.165) is 16.9 Å². The van der Waals surface area contributed by atoms with Crippen molar-refractivity contribution < 1.29 is 4.92 Å². The minimum Gasteiger partial charge on any atom is -0.370 e. The number of hydrogen-bond donors (Lipinski definition) is 2. The Labute approximate surface area is 124 Å². The topological polar surface area (TPSA) is 96.7 Å². The van der Waals surface area contributed by atoms with Crippen molar-refractivity contribution in [1.82, 2.24) is 15.0 Å². The maximum Gasteiger partial charge on any atom is 0.319 e. The molecule has 0 saturated heterocycles. The average Bonchev–Trinajstić information content (AvgIpc) is 3.14. The third kappa shape index (κ3) is 2.45. The molecule has 0 aliphatic heterocycles. The quantitative estimate of drug-likeness (QED) is 0.555. The molecule has 3 rings (SSSR count). The fourth-order valence-corrected chi connectivity index (χ4v) is 2.92. The molecule has 0 saturated carbocycles. The van der Waals surface area contributed by atoms with E-state index >= 15 is 0 Å².